The van der Waals surface area contributed by atoms with E-state index in [1.54, 1.807) is 48.7 Å². The third-order valence-corrected chi connectivity index (χ3v) is 4.14. The summed E-state index contributed by atoms with van der Waals surface area (Å²) in [7, 11) is 0. The molecule has 0 bridgehead atoms. The molecule has 0 amide bonds. The average molecular weight is 400 g/mol. The number of nitrogens with one attached hydrogen (secondary N) is 1. The van der Waals surface area contributed by atoms with Crippen molar-refractivity contribution < 1.29 is 14.1 Å². The number of benzene rings is 3. The van der Waals surface area contributed by atoms with Crippen LogP contribution in [0.1, 0.15) is 11.1 Å². The third kappa shape index (κ3) is 5.05. The second-order valence-electron chi connectivity index (χ2n) is 5.74. The highest BCUT2D eigenvalue weighted by Crippen LogP contribution is 2.22. The lowest BCUT2D eigenvalue weighted by Gasteiger charge is -2.09. The van der Waals surface area contributed by atoms with Crippen molar-refractivity contribution in [1.29, 1.82) is 0 Å². The van der Waals surface area contributed by atoms with Gasteiger partial charge in [-0.05, 0) is 48.0 Å². The molecule has 0 aromatic heterocycles. The summed E-state index contributed by atoms with van der Waals surface area (Å²) < 4.78 is 19.3. The molecule has 3 rings (SSSR count). The lowest BCUT2D eigenvalue weighted by Crippen LogP contribution is -1.99. The Bertz CT molecular complexity index is 990. The van der Waals surface area contributed by atoms with Crippen molar-refractivity contribution in [2.45, 2.75) is 6.61 Å². The van der Waals surface area contributed by atoms with Gasteiger partial charge < -0.3 is 4.74 Å². The minimum absolute atomic E-state index is 0.0170. The fourth-order valence-corrected chi connectivity index (χ4v) is 2.56. The van der Waals surface area contributed by atoms with Crippen molar-refractivity contribution in [3.63, 3.8) is 0 Å². The molecule has 0 aliphatic carbocycles. The topological polar surface area (TPSA) is 76.8 Å². The number of rotatable bonds is 7. The Morgan fingerprint density at radius 1 is 1.14 bits per heavy atom. The van der Waals surface area contributed by atoms with E-state index < -0.39 is 10.7 Å². The van der Waals surface area contributed by atoms with Crippen LogP contribution >= 0.6 is 11.6 Å². The summed E-state index contributed by atoms with van der Waals surface area (Å²) in [5, 5.41) is 15.1. The molecule has 142 valence electrons. The molecule has 28 heavy (non-hydrogen) atoms. The Labute approximate surface area is 165 Å². The van der Waals surface area contributed by atoms with Crippen LogP contribution in [0.3, 0.4) is 0 Å². The first-order valence-electron chi connectivity index (χ1n) is 8.22. The van der Waals surface area contributed by atoms with Crippen LogP contribution in [0.25, 0.3) is 0 Å². The highest BCUT2D eigenvalue weighted by molar-refractivity contribution is 6.31. The third-order valence-electron chi connectivity index (χ3n) is 3.79. The quantitative estimate of drug-likeness (QED) is 0.327. The zero-order valence-electron chi connectivity index (χ0n) is 14.5. The number of anilines is 1. The Morgan fingerprint density at radius 2 is 1.89 bits per heavy atom. The fourth-order valence-electron chi connectivity index (χ4n) is 2.35. The molecule has 0 saturated carbocycles. The maximum atomic E-state index is 13.7. The number of nitro groups is 1. The van der Waals surface area contributed by atoms with Crippen molar-refractivity contribution >= 4 is 29.2 Å². The van der Waals surface area contributed by atoms with Crippen LogP contribution in [0.15, 0.2) is 71.8 Å². The molecule has 8 heteroatoms. The number of nitro benzene ring substituents is 1. The highest BCUT2D eigenvalue weighted by Gasteiger charge is 2.07. The van der Waals surface area contributed by atoms with Gasteiger partial charge in [0, 0.05) is 17.7 Å². The molecule has 0 aliphatic heterocycles. The first-order valence-corrected chi connectivity index (χ1v) is 8.60. The second kappa shape index (κ2) is 8.96. The van der Waals surface area contributed by atoms with Crippen molar-refractivity contribution in [3.8, 4) is 5.75 Å². The lowest BCUT2D eigenvalue weighted by atomic mass is 10.2. The van der Waals surface area contributed by atoms with E-state index in [0.717, 1.165) is 5.56 Å². The van der Waals surface area contributed by atoms with Gasteiger partial charge in [-0.25, -0.2) is 4.39 Å². The smallest absolute Gasteiger partial charge is 0.271 e. The largest absolute Gasteiger partial charge is 0.489 e. The monoisotopic (exact) mass is 399 g/mol. The molecule has 1 N–H and O–H groups in total. The standard InChI is InChI=1S/C20H15ClFN3O3/c21-19-5-2-6-20(22)18(19)13-28-17-9-7-14(8-10-17)12-23-24-15-3-1-4-16(11-15)25(26)27/h1-12,24H,13H2. The highest BCUT2D eigenvalue weighted by atomic mass is 35.5. The van der Waals surface area contributed by atoms with Crippen LogP contribution in [0.5, 0.6) is 5.75 Å². The minimum Gasteiger partial charge on any atom is -0.489 e. The predicted molar refractivity (Wildman–Crippen MR) is 106 cm³/mol. The molecule has 0 atom stereocenters. The first kappa shape index (κ1) is 19.3. The van der Waals surface area contributed by atoms with E-state index in [0.29, 0.717) is 22.0 Å². The van der Waals surface area contributed by atoms with Crippen molar-refractivity contribution in [1.82, 2.24) is 0 Å². The molecule has 6 nitrogen and oxygen atoms in total. The number of hydrogen-bond donors (Lipinski definition) is 1. The zero-order chi connectivity index (χ0) is 19.9. The maximum absolute atomic E-state index is 13.7. The van der Waals surface area contributed by atoms with Crippen LogP contribution in [-0.4, -0.2) is 11.1 Å². The Kier molecular flexibility index (Phi) is 6.18. The van der Waals surface area contributed by atoms with Gasteiger partial charge in [0.25, 0.3) is 5.69 Å². The van der Waals surface area contributed by atoms with E-state index >= 15 is 0 Å². The molecule has 0 unspecified atom stereocenters. The van der Waals surface area contributed by atoms with Gasteiger partial charge in [-0.2, -0.15) is 5.10 Å². The van der Waals surface area contributed by atoms with Gasteiger partial charge in [-0.3, -0.25) is 15.5 Å². The summed E-state index contributed by atoms with van der Waals surface area (Å²) in [4.78, 5) is 10.3. The van der Waals surface area contributed by atoms with Gasteiger partial charge in [0.15, 0.2) is 0 Å². The molecule has 0 radical (unpaired) electrons. The lowest BCUT2D eigenvalue weighted by molar-refractivity contribution is -0.384. The summed E-state index contributed by atoms with van der Waals surface area (Å²) in [6, 6.07) is 17.5. The van der Waals surface area contributed by atoms with Crippen molar-refractivity contribution in [2.75, 3.05) is 5.43 Å². The van der Waals surface area contributed by atoms with Crippen LogP contribution in [0, 0.1) is 15.9 Å². The molecular weight excluding hydrogens is 385 g/mol. The molecule has 0 aliphatic rings. The zero-order valence-corrected chi connectivity index (χ0v) is 15.3. The van der Waals surface area contributed by atoms with E-state index in [4.69, 9.17) is 16.3 Å². The maximum Gasteiger partial charge on any atom is 0.271 e. The van der Waals surface area contributed by atoms with Crippen molar-refractivity contribution in [3.05, 3.63) is 98.8 Å². The molecule has 0 spiro atoms. The van der Waals surface area contributed by atoms with Gasteiger partial charge in [0.2, 0.25) is 0 Å². The van der Waals surface area contributed by atoms with E-state index in [1.807, 2.05) is 0 Å². The molecule has 0 heterocycles. The van der Waals surface area contributed by atoms with E-state index in [-0.39, 0.29) is 12.3 Å². The summed E-state index contributed by atoms with van der Waals surface area (Å²) in [5.74, 6) is 0.145. The van der Waals surface area contributed by atoms with Crippen molar-refractivity contribution in [2.24, 2.45) is 5.10 Å². The fraction of sp³-hybridized carbons (Fsp3) is 0.0500. The minimum atomic E-state index is -0.470. The van der Waals surface area contributed by atoms with Gasteiger partial charge in [0.05, 0.1) is 21.8 Å². The van der Waals surface area contributed by atoms with Crippen LogP contribution in [0.2, 0.25) is 5.02 Å². The molecule has 0 fully saturated rings. The number of nitrogens with zero attached hydrogens (tertiary/aromatic N) is 2. The summed E-state index contributed by atoms with van der Waals surface area (Å²) in [5.41, 5.74) is 4.32. The van der Waals surface area contributed by atoms with Crippen LogP contribution < -0.4 is 10.2 Å². The Balaban J connectivity index is 1.58. The van der Waals surface area contributed by atoms with Crippen LogP contribution in [-0.2, 0) is 6.61 Å². The normalized spacial score (nSPS) is 10.8. The van der Waals surface area contributed by atoms with Gasteiger partial charge in [-0.15, -0.1) is 0 Å². The first-order chi connectivity index (χ1) is 13.5. The number of hydrogen-bond acceptors (Lipinski definition) is 5. The predicted octanol–water partition coefficient (Wildman–Crippen LogP) is 5.41. The summed E-state index contributed by atoms with van der Waals surface area (Å²) in [6.45, 7) is 0.0211. The molecule has 3 aromatic carbocycles. The SMILES string of the molecule is O=[N+]([O-])c1cccc(NN=Cc2ccc(OCc3c(F)cccc3Cl)cc2)c1. The molecule has 3 aromatic rings. The average Bonchev–Trinajstić information content (AvgIpc) is 2.69. The number of non-ortho nitro benzene ring substituents is 1. The Morgan fingerprint density at radius 3 is 2.61 bits per heavy atom. The van der Waals surface area contributed by atoms with E-state index in [2.05, 4.69) is 10.5 Å². The second-order valence-corrected chi connectivity index (χ2v) is 6.14. The number of hydrazone groups is 1. The van der Waals surface area contributed by atoms with E-state index in [9.17, 15) is 14.5 Å². The van der Waals surface area contributed by atoms with Gasteiger partial charge in [0.1, 0.15) is 18.2 Å². The Hall–Kier alpha value is -3.45. The summed E-state index contributed by atoms with van der Waals surface area (Å²) >= 11 is 5.97. The van der Waals surface area contributed by atoms with Gasteiger partial charge in [-0.1, -0.05) is 23.7 Å². The van der Waals surface area contributed by atoms with E-state index in [1.165, 1.54) is 24.3 Å². The number of ether oxygens (including phenoxy) is 1. The number of halogens is 2. The summed E-state index contributed by atoms with van der Waals surface area (Å²) in [6.07, 6.45) is 1.57. The van der Waals surface area contributed by atoms with Crippen LogP contribution in [0.4, 0.5) is 15.8 Å². The molecule has 0 saturated heterocycles. The molecular formula is C20H15ClFN3O3. The van der Waals surface area contributed by atoms with Gasteiger partial charge >= 0.3 is 0 Å².